The molecule has 0 saturated carbocycles. The molecular weight excluding hydrogens is 421 g/mol. The number of nitrogens with zero attached hydrogens (tertiary/aromatic N) is 1. The molecular formula is C14H21Cl2F4N3O2S. The van der Waals surface area contributed by atoms with Gasteiger partial charge in [0.1, 0.15) is 5.82 Å². The number of alkyl halides is 3. The first-order valence-corrected chi connectivity index (χ1v) is 8.98. The molecule has 0 amide bonds. The molecule has 1 aliphatic heterocycles. The minimum Gasteiger partial charge on any atom is -0.314 e. The standard InChI is InChI=1S/C14H19F4N3O2S.2ClH/c15-13-10-11(2-3-12(13)14(16,17)18)24(22,23)20-4-1-7-21-8-5-19-6-9-21;;/h2-3,10,19-20H,1,4-9H2;2*1H. The van der Waals surface area contributed by atoms with Crippen LogP contribution in [0.1, 0.15) is 12.0 Å². The molecule has 1 aromatic carbocycles. The van der Waals surface area contributed by atoms with E-state index in [0.717, 1.165) is 32.2 Å². The summed E-state index contributed by atoms with van der Waals surface area (Å²) in [4.78, 5) is 1.66. The number of hydrogen-bond acceptors (Lipinski definition) is 4. The number of halogens is 6. The average molecular weight is 442 g/mol. The quantitative estimate of drug-likeness (QED) is 0.524. The van der Waals surface area contributed by atoms with Crippen molar-refractivity contribution in [3.63, 3.8) is 0 Å². The normalized spacial score (nSPS) is 15.8. The second-order valence-corrected chi connectivity index (χ2v) is 7.25. The van der Waals surface area contributed by atoms with Gasteiger partial charge in [0.15, 0.2) is 0 Å². The number of rotatable bonds is 6. The Bertz CT molecular complexity index is 669. The smallest absolute Gasteiger partial charge is 0.314 e. The summed E-state index contributed by atoms with van der Waals surface area (Å²) in [5, 5.41) is 3.20. The third kappa shape index (κ3) is 7.16. The fourth-order valence-corrected chi connectivity index (χ4v) is 3.51. The Morgan fingerprint density at radius 2 is 1.77 bits per heavy atom. The maximum atomic E-state index is 13.5. The van der Waals surface area contributed by atoms with Crippen LogP contribution < -0.4 is 10.0 Å². The van der Waals surface area contributed by atoms with Gasteiger partial charge in [0.25, 0.3) is 0 Å². The summed E-state index contributed by atoms with van der Waals surface area (Å²) < 4.78 is 77.3. The van der Waals surface area contributed by atoms with Crippen LogP contribution in [-0.4, -0.2) is 52.6 Å². The number of sulfonamides is 1. The van der Waals surface area contributed by atoms with Gasteiger partial charge in [-0.2, -0.15) is 13.2 Å². The van der Waals surface area contributed by atoms with Crippen LogP contribution in [0.2, 0.25) is 0 Å². The Morgan fingerprint density at radius 3 is 2.31 bits per heavy atom. The van der Waals surface area contributed by atoms with Crippen LogP contribution in [0.3, 0.4) is 0 Å². The summed E-state index contributed by atoms with van der Waals surface area (Å²) in [5.41, 5.74) is -1.49. The van der Waals surface area contributed by atoms with Crippen molar-refractivity contribution in [1.82, 2.24) is 14.9 Å². The largest absolute Gasteiger partial charge is 0.419 e. The molecule has 1 heterocycles. The molecule has 26 heavy (non-hydrogen) atoms. The molecule has 0 atom stereocenters. The molecule has 0 unspecified atom stereocenters. The molecule has 0 bridgehead atoms. The van der Waals surface area contributed by atoms with Crippen molar-refractivity contribution in [2.75, 3.05) is 39.3 Å². The summed E-state index contributed by atoms with van der Waals surface area (Å²) in [6, 6.07) is 1.58. The van der Waals surface area contributed by atoms with E-state index < -0.39 is 32.5 Å². The van der Waals surface area contributed by atoms with E-state index in [1.807, 2.05) is 0 Å². The van der Waals surface area contributed by atoms with Gasteiger partial charge in [-0.15, -0.1) is 24.8 Å². The molecule has 1 fully saturated rings. The van der Waals surface area contributed by atoms with Crippen LogP contribution in [0.4, 0.5) is 17.6 Å². The molecule has 0 radical (unpaired) electrons. The highest BCUT2D eigenvalue weighted by Gasteiger charge is 2.34. The number of nitrogens with one attached hydrogen (secondary N) is 2. The zero-order chi connectivity index (χ0) is 17.8. The van der Waals surface area contributed by atoms with Gasteiger partial charge in [-0.05, 0) is 31.2 Å². The van der Waals surface area contributed by atoms with Gasteiger partial charge in [-0.25, -0.2) is 17.5 Å². The zero-order valence-electron chi connectivity index (χ0n) is 13.7. The first-order chi connectivity index (χ1) is 11.2. The molecule has 0 spiro atoms. The van der Waals surface area contributed by atoms with Crippen LogP contribution >= 0.6 is 24.8 Å². The fourth-order valence-electron chi connectivity index (χ4n) is 2.42. The zero-order valence-corrected chi connectivity index (χ0v) is 16.1. The van der Waals surface area contributed by atoms with Gasteiger partial charge in [0.05, 0.1) is 10.5 Å². The van der Waals surface area contributed by atoms with Crippen molar-refractivity contribution in [3.05, 3.63) is 29.6 Å². The van der Waals surface area contributed by atoms with E-state index in [1.54, 1.807) is 0 Å². The molecule has 5 nitrogen and oxygen atoms in total. The Kier molecular flexibility index (Phi) is 10.4. The lowest BCUT2D eigenvalue weighted by Gasteiger charge is -2.27. The topological polar surface area (TPSA) is 61.4 Å². The van der Waals surface area contributed by atoms with Gasteiger partial charge < -0.3 is 10.2 Å². The average Bonchev–Trinajstić information content (AvgIpc) is 2.51. The van der Waals surface area contributed by atoms with Crippen molar-refractivity contribution in [3.8, 4) is 0 Å². The third-order valence-electron chi connectivity index (χ3n) is 3.71. The number of hydrogen-bond donors (Lipinski definition) is 2. The van der Waals surface area contributed by atoms with E-state index in [2.05, 4.69) is 14.9 Å². The number of piperazine rings is 1. The summed E-state index contributed by atoms with van der Waals surface area (Å²) >= 11 is 0. The lowest BCUT2D eigenvalue weighted by molar-refractivity contribution is -0.140. The van der Waals surface area contributed by atoms with Gasteiger partial charge >= 0.3 is 6.18 Å². The molecule has 152 valence electrons. The molecule has 2 rings (SSSR count). The first-order valence-electron chi connectivity index (χ1n) is 7.49. The van der Waals surface area contributed by atoms with Gasteiger partial charge in [-0.1, -0.05) is 0 Å². The summed E-state index contributed by atoms with van der Waals surface area (Å²) in [7, 11) is -4.04. The van der Waals surface area contributed by atoms with E-state index in [9.17, 15) is 26.0 Å². The predicted octanol–water partition coefficient (Wildman–Crippen LogP) is 2.26. The van der Waals surface area contributed by atoms with Crippen molar-refractivity contribution in [2.24, 2.45) is 0 Å². The van der Waals surface area contributed by atoms with E-state index in [-0.39, 0.29) is 31.4 Å². The highest BCUT2D eigenvalue weighted by Crippen LogP contribution is 2.32. The Labute approximate surface area is 162 Å². The second-order valence-electron chi connectivity index (χ2n) is 5.48. The maximum absolute atomic E-state index is 13.5. The third-order valence-corrected chi connectivity index (χ3v) is 5.17. The molecule has 12 heteroatoms. The van der Waals surface area contributed by atoms with Crippen LogP contribution in [0.15, 0.2) is 23.1 Å². The summed E-state index contributed by atoms with van der Waals surface area (Å²) in [5.74, 6) is -1.61. The van der Waals surface area contributed by atoms with E-state index in [0.29, 0.717) is 25.1 Å². The molecule has 1 aromatic rings. The summed E-state index contributed by atoms with van der Waals surface area (Å²) in [6.45, 7) is 4.39. The number of benzene rings is 1. The molecule has 0 aliphatic carbocycles. The monoisotopic (exact) mass is 441 g/mol. The Hall–Kier alpha value is -0.650. The first kappa shape index (κ1) is 25.4. The van der Waals surface area contributed by atoms with Crippen molar-refractivity contribution < 1.29 is 26.0 Å². The molecule has 0 aromatic heterocycles. The summed E-state index contributed by atoms with van der Waals surface area (Å²) in [6.07, 6.45) is -4.30. The van der Waals surface area contributed by atoms with Crippen LogP contribution in [-0.2, 0) is 16.2 Å². The van der Waals surface area contributed by atoms with Gasteiger partial charge in [0.2, 0.25) is 10.0 Å². The van der Waals surface area contributed by atoms with E-state index in [1.165, 1.54) is 0 Å². The fraction of sp³-hybridized carbons (Fsp3) is 0.571. The SMILES string of the molecule is Cl.Cl.O=S(=O)(NCCCN1CCNCC1)c1ccc(C(F)(F)F)c(F)c1. The highest BCUT2D eigenvalue weighted by molar-refractivity contribution is 7.89. The lowest BCUT2D eigenvalue weighted by Crippen LogP contribution is -2.44. The molecule has 2 N–H and O–H groups in total. The van der Waals surface area contributed by atoms with Crippen molar-refractivity contribution in [2.45, 2.75) is 17.5 Å². The lowest BCUT2D eigenvalue weighted by atomic mass is 10.2. The molecule has 1 aliphatic rings. The van der Waals surface area contributed by atoms with Crippen LogP contribution in [0, 0.1) is 5.82 Å². The van der Waals surface area contributed by atoms with Crippen LogP contribution in [0.5, 0.6) is 0 Å². The molecule has 1 saturated heterocycles. The van der Waals surface area contributed by atoms with Gasteiger partial charge in [0, 0.05) is 32.7 Å². The Balaban J connectivity index is 0.00000312. The second kappa shape index (κ2) is 10.6. The Morgan fingerprint density at radius 1 is 1.15 bits per heavy atom. The maximum Gasteiger partial charge on any atom is 0.419 e. The van der Waals surface area contributed by atoms with Crippen molar-refractivity contribution >= 4 is 34.8 Å². The van der Waals surface area contributed by atoms with Crippen molar-refractivity contribution in [1.29, 1.82) is 0 Å². The minimum absolute atomic E-state index is 0. The van der Waals surface area contributed by atoms with Crippen LogP contribution in [0.25, 0.3) is 0 Å². The van der Waals surface area contributed by atoms with Gasteiger partial charge in [-0.3, -0.25) is 0 Å². The minimum atomic E-state index is -4.86. The predicted molar refractivity (Wildman–Crippen MR) is 95.0 cm³/mol. The highest BCUT2D eigenvalue weighted by atomic mass is 35.5. The van der Waals surface area contributed by atoms with E-state index >= 15 is 0 Å². The van der Waals surface area contributed by atoms with E-state index in [4.69, 9.17) is 0 Å².